The van der Waals surface area contributed by atoms with Gasteiger partial charge in [-0.15, -0.1) is 0 Å². The van der Waals surface area contributed by atoms with E-state index in [0.29, 0.717) is 10.7 Å². The Hall–Kier alpha value is -1.51. The van der Waals surface area contributed by atoms with E-state index in [-0.39, 0.29) is 6.42 Å². The van der Waals surface area contributed by atoms with Crippen molar-refractivity contribution in [2.24, 2.45) is 0 Å². The first-order chi connectivity index (χ1) is 5.83. The van der Waals surface area contributed by atoms with Gasteiger partial charge in [0.2, 0.25) is 0 Å². The summed E-state index contributed by atoms with van der Waals surface area (Å²) in [5, 5.41) is 8.80. The second-order valence-corrected chi connectivity index (χ2v) is 2.43. The first-order valence-electron chi connectivity index (χ1n) is 3.30. The first kappa shape index (κ1) is 8.59. The van der Waals surface area contributed by atoms with E-state index >= 15 is 0 Å². The van der Waals surface area contributed by atoms with Gasteiger partial charge in [0.05, 0.1) is 12.5 Å². The van der Waals surface area contributed by atoms with Crippen molar-refractivity contribution in [3.8, 4) is 17.9 Å². The first-order valence-corrected chi connectivity index (χ1v) is 3.68. The smallest absolute Gasteiger partial charge is 0.114 e. The maximum Gasteiger partial charge on any atom is 0.114 e. The molecule has 3 heteroatoms. The highest BCUT2D eigenvalue weighted by molar-refractivity contribution is 6.30. The van der Waals surface area contributed by atoms with Gasteiger partial charge >= 0.3 is 0 Å². The molecule has 1 aromatic rings. The van der Waals surface area contributed by atoms with Gasteiger partial charge < -0.3 is 0 Å². The Morgan fingerprint density at radius 3 is 3.08 bits per heavy atom. The molecule has 0 bridgehead atoms. The minimum absolute atomic E-state index is 0.216. The lowest BCUT2D eigenvalue weighted by molar-refractivity contribution is 1.28. The summed E-state index contributed by atoms with van der Waals surface area (Å²) in [7, 11) is 0. The molecule has 0 aromatic carbocycles. The van der Waals surface area contributed by atoms with Crippen LogP contribution in [0.2, 0.25) is 5.02 Å². The number of aromatic nitrogens is 1. The van der Waals surface area contributed by atoms with Gasteiger partial charge in [0.15, 0.2) is 0 Å². The van der Waals surface area contributed by atoms with Crippen LogP contribution in [0.1, 0.15) is 12.1 Å². The Morgan fingerprint density at radius 2 is 2.42 bits per heavy atom. The van der Waals surface area contributed by atoms with Crippen LogP contribution in [-0.2, 0) is 0 Å². The summed E-state index contributed by atoms with van der Waals surface area (Å²) in [6, 6.07) is 5.25. The van der Waals surface area contributed by atoms with Crippen LogP contribution < -0.4 is 0 Å². The molecule has 0 amide bonds. The molecule has 0 aliphatic heterocycles. The zero-order valence-electron chi connectivity index (χ0n) is 6.21. The third kappa shape index (κ3) is 2.62. The van der Waals surface area contributed by atoms with E-state index in [1.807, 2.05) is 6.07 Å². The number of halogens is 1. The fraction of sp³-hybridized carbons (Fsp3) is 0.111. The van der Waals surface area contributed by atoms with E-state index in [0.717, 1.165) is 0 Å². The zero-order valence-corrected chi connectivity index (χ0v) is 6.97. The van der Waals surface area contributed by atoms with Crippen molar-refractivity contribution < 1.29 is 0 Å². The molecule has 0 spiro atoms. The third-order valence-corrected chi connectivity index (χ3v) is 1.34. The molecule has 0 saturated heterocycles. The molecular weight excluding hydrogens is 172 g/mol. The highest BCUT2D eigenvalue weighted by Gasteiger charge is 1.88. The second kappa shape index (κ2) is 4.38. The number of pyridine rings is 1. The lowest BCUT2D eigenvalue weighted by atomic mass is 10.3. The molecule has 0 aliphatic carbocycles. The van der Waals surface area contributed by atoms with Gasteiger partial charge in [-0.1, -0.05) is 17.5 Å². The number of hydrogen-bond donors (Lipinski definition) is 0. The molecule has 0 N–H and O–H groups in total. The van der Waals surface area contributed by atoms with Crippen LogP contribution in [-0.4, -0.2) is 4.98 Å². The highest BCUT2D eigenvalue weighted by Crippen LogP contribution is 2.06. The van der Waals surface area contributed by atoms with Crippen LogP contribution in [0.5, 0.6) is 0 Å². The summed E-state index contributed by atoms with van der Waals surface area (Å²) >= 11 is 5.68. The molecular formula is C9H5ClN2. The van der Waals surface area contributed by atoms with Gasteiger partial charge in [-0.2, -0.15) is 5.26 Å². The predicted molar refractivity (Wildman–Crippen MR) is 46.4 cm³/mol. The summed E-state index contributed by atoms with van der Waals surface area (Å²) in [5.74, 6) is 5.36. The maximum atomic E-state index is 8.20. The summed E-state index contributed by atoms with van der Waals surface area (Å²) in [4.78, 5) is 3.94. The Morgan fingerprint density at radius 1 is 1.58 bits per heavy atom. The van der Waals surface area contributed by atoms with E-state index in [4.69, 9.17) is 16.9 Å². The lowest BCUT2D eigenvalue weighted by Crippen LogP contribution is -1.79. The van der Waals surface area contributed by atoms with Gasteiger partial charge in [-0.25, -0.2) is 4.98 Å². The van der Waals surface area contributed by atoms with Gasteiger partial charge in [-0.3, -0.25) is 0 Å². The number of nitriles is 1. The number of hydrogen-bond acceptors (Lipinski definition) is 2. The zero-order chi connectivity index (χ0) is 8.81. The summed E-state index contributed by atoms with van der Waals surface area (Å²) in [6.07, 6.45) is 1.80. The molecule has 1 heterocycles. The minimum atomic E-state index is 0.216. The fourth-order valence-electron chi connectivity index (χ4n) is 0.647. The van der Waals surface area contributed by atoms with E-state index in [9.17, 15) is 0 Å². The van der Waals surface area contributed by atoms with Crippen LogP contribution in [0, 0.1) is 23.2 Å². The Labute approximate surface area is 75.8 Å². The van der Waals surface area contributed by atoms with Gasteiger partial charge in [0.1, 0.15) is 5.69 Å². The monoisotopic (exact) mass is 176 g/mol. The molecule has 0 fully saturated rings. The average molecular weight is 177 g/mol. The van der Waals surface area contributed by atoms with E-state index in [1.165, 1.54) is 0 Å². The molecule has 1 rings (SSSR count). The van der Waals surface area contributed by atoms with E-state index < -0.39 is 0 Å². The van der Waals surface area contributed by atoms with Crippen molar-refractivity contribution in [1.82, 2.24) is 4.98 Å². The molecule has 0 unspecified atom stereocenters. The number of rotatable bonds is 0. The van der Waals surface area contributed by atoms with Crippen molar-refractivity contribution in [2.45, 2.75) is 6.42 Å². The van der Waals surface area contributed by atoms with E-state index in [2.05, 4.69) is 16.8 Å². The molecule has 58 valence electrons. The molecule has 0 atom stereocenters. The largest absolute Gasteiger partial charge is 0.248 e. The SMILES string of the molecule is N#CCC#Cc1cc(Cl)ccn1. The minimum Gasteiger partial charge on any atom is -0.248 e. The Kier molecular flexibility index (Phi) is 3.14. The lowest BCUT2D eigenvalue weighted by Gasteiger charge is -1.88. The van der Waals surface area contributed by atoms with Gasteiger partial charge in [0.25, 0.3) is 0 Å². The quantitative estimate of drug-likeness (QED) is 0.567. The molecule has 12 heavy (non-hydrogen) atoms. The Balaban J connectivity index is 2.79. The summed E-state index contributed by atoms with van der Waals surface area (Å²) in [6.45, 7) is 0. The van der Waals surface area contributed by atoms with Gasteiger partial charge in [-0.05, 0) is 18.1 Å². The molecule has 2 nitrogen and oxygen atoms in total. The van der Waals surface area contributed by atoms with E-state index in [1.54, 1.807) is 18.3 Å². The standard InChI is InChI=1S/C9H5ClN2/c10-8-4-6-12-9(7-8)3-1-2-5-11/h4,6-7H,2H2. The van der Waals surface area contributed by atoms with Crippen LogP contribution in [0.4, 0.5) is 0 Å². The molecule has 0 saturated carbocycles. The van der Waals surface area contributed by atoms with Crippen molar-refractivity contribution in [1.29, 1.82) is 5.26 Å². The third-order valence-electron chi connectivity index (χ3n) is 1.11. The fourth-order valence-corrected chi connectivity index (χ4v) is 0.807. The van der Waals surface area contributed by atoms with Crippen LogP contribution in [0.15, 0.2) is 18.3 Å². The van der Waals surface area contributed by atoms with Crippen molar-refractivity contribution in [3.63, 3.8) is 0 Å². The number of nitrogens with zero attached hydrogens (tertiary/aromatic N) is 2. The van der Waals surface area contributed by atoms with Crippen LogP contribution in [0.3, 0.4) is 0 Å². The highest BCUT2D eigenvalue weighted by atomic mass is 35.5. The average Bonchev–Trinajstić information content (AvgIpc) is 2.05. The van der Waals surface area contributed by atoms with Gasteiger partial charge in [0, 0.05) is 11.2 Å². The topological polar surface area (TPSA) is 36.7 Å². The second-order valence-electron chi connectivity index (χ2n) is 2.00. The molecule has 0 aliphatic rings. The summed E-state index contributed by atoms with van der Waals surface area (Å²) < 4.78 is 0. The molecule has 1 aromatic heterocycles. The van der Waals surface area contributed by atoms with Crippen LogP contribution in [0.25, 0.3) is 0 Å². The summed E-state index contributed by atoms with van der Waals surface area (Å²) in [5.41, 5.74) is 0.595. The van der Waals surface area contributed by atoms with Crippen molar-refractivity contribution in [3.05, 3.63) is 29.0 Å². The molecule has 0 radical (unpaired) electrons. The van der Waals surface area contributed by atoms with Crippen molar-refractivity contribution in [2.75, 3.05) is 0 Å². The van der Waals surface area contributed by atoms with Crippen LogP contribution >= 0.6 is 11.6 Å². The Bertz CT molecular complexity index is 368. The van der Waals surface area contributed by atoms with Crippen molar-refractivity contribution >= 4 is 11.6 Å². The normalized spacial score (nSPS) is 8.00. The maximum absolute atomic E-state index is 8.20. The predicted octanol–water partition coefficient (Wildman–Crippen LogP) is 2.00.